The van der Waals surface area contributed by atoms with Crippen LogP contribution in [-0.4, -0.2) is 56.4 Å². The number of sulfone groups is 1. The second-order valence-corrected chi connectivity index (χ2v) is 11.5. The van der Waals surface area contributed by atoms with Crippen LogP contribution in [0.5, 0.6) is 0 Å². The quantitative estimate of drug-likeness (QED) is 0.538. The van der Waals surface area contributed by atoms with E-state index in [4.69, 9.17) is 4.74 Å². The van der Waals surface area contributed by atoms with Crippen molar-refractivity contribution in [3.63, 3.8) is 0 Å². The first-order valence-corrected chi connectivity index (χ1v) is 14.0. The highest BCUT2D eigenvalue weighted by Gasteiger charge is 2.39. The number of esters is 1. The molecule has 0 aliphatic carbocycles. The van der Waals surface area contributed by atoms with E-state index >= 15 is 0 Å². The Balaban J connectivity index is 1.45. The standard InChI is InChI=1S/C27H36N2O4S/c1-3-26(30)33-27(25-7-4-17-28-25)34(31,32)24-14-12-23(13-15-24)22-10-8-21(9-11-22)16-19-29-18-5-6-20(29)2/h8-15,20,25,27-28H,3-7,16-19H2,1-2H3. The summed E-state index contributed by atoms with van der Waals surface area (Å²) in [6.45, 7) is 6.99. The van der Waals surface area contributed by atoms with Gasteiger partial charge in [0.05, 0.1) is 10.9 Å². The second-order valence-electron chi connectivity index (χ2n) is 9.46. The van der Waals surface area contributed by atoms with Crippen LogP contribution >= 0.6 is 0 Å². The maximum Gasteiger partial charge on any atom is 0.306 e. The summed E-state index contributed by atoms with van der Waals surface area (Å²) in [4.78, 5) is 14.7. The van der Waals surface area contributed by atoms with Gasteiger partial charge in [-0.2, -0.15) is 0 Å². The van der Waals surface area contributed by atoms with Crippen molar-refractivity contribution < 1.29 is 17.9 Å². The molecule has 6 nitrogen and oxygen atoms in total. The number of likely N-dealkylation sites (tertiary alicyclic amines) is 1. The summed E-state index contributed by atoms with van der Waals surface area (Å²) in [7, 11) is -3.83. The van der Waals surface area contributed by atoms with E-state index in [1.54, 1.807) is 19.1 Å². The van der Waals surface area contributed by atoms with Gasteiger partial charge in [-0.1, -0.05) is 43.3 Å². The van der Waals surface area contributed by atoms with Gasteiger partial charge in [0.15, 0.2) is 0 Å². The van der Waals surface area contributed by atoms with E-state index in [1.165, 1.54) is 24.9 Å². The molecular formula is C27H36N2O4S. The molecule has 0 aromatic heterocycles. The third kappa shape index (κ3) is 5.70. The van der Waals surface area contributed by atoms with E-state index in [9.17, 15) is 13.2 Å². The van der Waals surface area contributed by atoms with Crippen molar-refractivity contribution in [2.45, 2.75) is 74.8 Å². The van der Waals surface area contributed by atoms with Crippen molar-refractivity contribution in [1.82, 2.24) is 10.2 Å². The molecule has 7 heteroatoms. The first-order valence-electron chi connectivity index (χ1n) is 12.5. The van der Waals surface area contributed by atoms with Crippen LogP contribution in [0.15, 0.2) is 53.4 Å². The molecule has 2 aromatic rings. The fraction of sp³-hybridized carbons (Fsp3) is 0.519. The molecule has 4 rings (SSSR count). The highest BCUT2D eigenvalue weighted by Crippen LogP contribution is 2.27. The summed E-state index contributed by atoms with van der Waals surface area (Å²) in [5.41, 5.74) is 2.12. The van der Waals surface area contributed by atoms with Gasteiger partial charge in [-0.05, 0) is 80.9 Å². The average Bonchev–Trinajstić information content (AvgIpc) is 3.53. The van der Waals surface area contributed by atoms with Gasteiger partial charge in [0.25, 0.3) is 0 Å². The molecule has 34 heavy (non-hydrogen) atoms. The Hall–Kier alpha value is -2.22. The zero-order chi connectivity index (χ0) is 24.1. The summed E-state index contributed by atoms with van der Waals surface area (Å²) in [6.07, 6.45) is 5.31. The molecule has 2 aromatic carbocycles. The number of hydrogen-bond donors (Lipinski definition) is 1. The van der Waals surface area contributed by atoms with Gasteiger partial charge in [0.2, 0.25) is 15.3 Å². The molecule has 2 aliphatic rings. The van der Waals surface area contributed by atoms with E-state index in [0.29, 0.717) is 12.5 Å². The van der Waals surface area contributed by atoms with Crippen molar-refractivity contribution >= 4 is 15.8 Å². The van der Waals surface area contributed by atoms with Crippen molar-refractivity contribution in [3.05, 3.63) is 54.1 Å². The molecule has 0 amide bonds. The number of rotatable bonds is 9. The minimum atomic E-state index is -3.83. The maximum atomic E-state index is 13.3. The molecule has 184 valence electrons. The Morgan fingerprint density at radius 3 is 2.29 bits per heavy atom. The summed E-state index contributed by atoms with van der Waals surface area (Å²) < 4.78 is 32.1. The largest absolute Gasteiger partial charge is 0.444 e. The van der Waals surface area contributed by atoms with Crippen LogP contribution in [0.1, 0.15) is 51.5 Å². The Labute approximate surface area is 203 Å². The van der Waals surface area contributed by atoms with Crippen LogP contribution in [0.2, 0.25) is 0 Å². The van der Waals surface area contributed by atoms with Gasteiger partial charge in [0.1, 0.15) is 0 Å². The van der Waals surface area contributed by atoms with Crippen LogP contribution in [0.4, 0.5) is 0 Å². The van der Waals surface area contributed by atoms with Crippen LogP contribution in [0.3, 0.4) is 0 Å². The van der Waals surface area contributed by atoms with Crippen molar-refractivity contribution in [2.24, 2.45) is 0 Å². The fourth-order valence-electron chi connectivity index (χ4n) is 4.95. The normalized spacial score (nSPS) is 22.1. The Kier molecular flexibility index (Phi) is 8.06. The smallest absolute Gasteiger partial charge is 0.306 e. The van der Waals surface area contributed by atoms with Crippen LogP contribution in [0.25, 0.3) is 11.1 Å². The average molecular weight is 485 g/mol. The van der Waals surface area contributed by atoms with Crippen molar-refractivity contribution in [3.8, 4) is 11.1 Å². The zero-order valence-corrected chi connectivity index (χ0v) is 21.0. The third-order valence-electron chi connectivity index (χ3n) is 7.12. The molecule has 2 saturated heterocycles. The predicted octanol–water partition coefficient (Wildman–Crippen LogP) is 4.19. The molecule has 1 N–H and O–H groups in total. The molecule has 0 spiro atoms. The third-order valence-corrected chi connectivity index (χ3v) is 9.08. The number of ether oxygens (including phenoxy) is 1. The molecule has 0 saturated carbocycles. The number of nitrogens with one attached hydrogen (secondary N) is 1. The van der Waals surface area contributed by atoms with Gasteiger partial charge in [0, 0.05) is 19.0 Å². The number of carbonyl (C=O) groups excluding carboxylic acids is 1. The summed E-state index contributed by atoms with van der Waals surface area (Å²) >= 11 is 0. The lowest BCUT2D eigenvalue weighted by Gasteiger charge is -2.24. The lowest BCUT2D eigenvalue weighted by molar-refractivity contribution is -0.146. The molecule has 2 heterocycles. The Morgan fingerprint density at radius 1 is 1.06 bits per heavy atom. The molecule has 0 radical (unpaired) electrons. The molecule has 0 bridgehead atoms. The van der Waals surface area contributed by atoms with E-state index in [2.05, 4.69) is 41.4 Å². The second kappa shape index (κ2) is 11.0. The van der Waals surface area contributed by atoms with Crippen LogP contribution in [-0.2, 0) is 25.8 Å². The van der Waals surface area contributed by atoms with Gasteiger partial charge in [-0.15, -0.1) is 0 Å². The zero-order valence-electron chi connectivity index (χ0n) is 20.2. The first-order chi connectivity index (χ1) is 16.4. The molecular weight excluding hydrogens is 448 g/mol. The van der Waals surface area contributed by atoms with E-state index < -0.39 is 21.2 Å². The maximum absolute atomic E-state index is 13.3. The lowest BCUT2D eigenvalue weighted by Crippen LogP contribution is -2.43. The number of nitrogens with zero attached hydrogens (tertiary/aromatic N) is 1. The topological polar surface area (TPSA) is 75.7 Å². The summed E-state index contributed by atoms with van der Waals surface area (Å²) in [5, 5.41) is 3.18. The van der Waals surface area contributed by atoms with E-state index in [1.807, 2.05) is 12.1 Å². The highest BCUT2D eigenvalue weighted by molar-refractivity contribution is 7.92. The van der Waals surface area contributed by atoms with E-state index in [-0.39, 0.29) is 17.4 Å². The lowest BCUT2D eigenvalue weighted by atomic mass is 10.0. The van der Waals surface area contributed by atoms with Gasteiger partial charge >= 0.3 is 5.97 Å². The molecule has 2 aliphatic heterocycles. The fourth-order valence-corrected chi connectivity index (χ4v) is 6.63. The van der Waals surface area contributed by atoms with Gasteiger partial charge < -0.3 is 15.0 Å². The number of carbonyl (C=O) groups is 1. The van der Waals surface area contributed by atoms with Gasteiger partial charge in [-0.3, -0.25) is 4.79 Å². The highest BCUT2D eigenvalue weighted by atomic mass is 32.2. The Bertz CT molecular complexity index is 1060. The Morgan fingerprint density at radius 2 is 1.74 bits per heavy atom. The summed E-state index contributed by atoms with van der Waals surface area (Å²) in [6, 6.07) is 15.7. The molecule has 2 fully saturated rings. The summed E-state index contributed by atoms with van der Waals surface area (Å²) in [5.74, 6) is -0.502. The number of hydrogen-bond acceptors (Lipinski definition) is 6. The minimum Gasteiger partial charge on any atom is -0.444 e. The van der Waals surface area contributed by atoms with E-state index in [0.717, 1.165) is 37.1 Å². The molecule has 3 atom stereocenters. The van der Waals surface area contributed by atoms with Crippen molar-refractivity contribution in [2.75, 3.05) is 19.6 Å². The number of benzene rings is 2. The van der Waals surface area contributed by atoms with Crippen LogP contribution < -0.4 is 5.32 Å². The predicted molar refractivity (Wildman–Crippen MR) is 134 cm³/mol. The van der Waals surface area contributed by atoms with Crippen LogP contribution in [0, 0.1) is 0 Å². The van der Waals surface area contributed by atoms with Gasteiger partial charge in [-0.25, -0.2) is 8.42 Å². The molecule has 3 unspecified atom stereocenters. The first kappa shape index (κ1) is 24.9. The van der Waals surface area contributed by atoms with Crippen molar-refractivity contribution in [1.29, 1.82) is 0 Å². The monoisotopic (exact) mass is 484 g/mol. The SMILES string of the molecule is CCC(=O)OC(C1CCCN1)S(=O)(=O)c1ccc(-c2ccc(CCN3CCCC3C)cc2)cc1. The minimum absolute atomic E-state index is 0.144.